The normalized spacial score (nSPS) is 12.9. The van der Waals surface area contributed by atoms with E-state index in [1.165, 1.54) is 0 Å². The molecular formula is C16H22N4O. The summed E-state index contributed by atoms with van der Waals surface area (Å²) >= 11 is 0. The van der Waals surface area contributed by atoms with Crippen molar-refractivity contribution in [1.82, 2.24) is 14.9 Å². The summed E-state index contributed by atoms with van der Waals surface area (Å²) in [5, 5.41) is 3.10. The molecule has 0 spiro atoms. The fourth-order valence-electron chi connectivity index (χ4n) is 2.06. The van der Waals surface area contributed by atoms with E-state index in [4.69, 9.17) is 5.73 Å². The predicted octanol–water partition coefficient (Wildman–Crippen LogP) is 2.31. The number of carbonyl (C=O) groups excluding carboxylic acids is 1. The smallest absolute Gasteiger partial charge is 0.251 e. The molecule has 1 amide bonds. The van der Waals surface area contributed by atoms with Gasteiger partial charge in [-0.25, -0.2) is 4.98 Å². The van der Waals surface area contributed by atoms with E-state index in [0.29, 0.717) is 17.8 Å². The lowest BCUT2D eigenvalue weighted by molar-refractivity contribution is 0.0892. The highest BCUT2D eigenvalue weighted by atomic mass is 16.1. The van der Waals surface area contributed by atoms with E-state index in [1.54, 1.807) is 36.8 Å². The Balaban J connectivity index is 2.13. The van der Waals surface area contributed by atoms with Gasteiger partial charge in [-0.2, -0.15) is 0 Å². The SMILES string of the molecule is CC(C)(C)C(Cn1ccnc1)NC(=O)c1cccc(N)c1. The standard InChI is InChI=1S/C16H22N4O/c1-16(2,3)14(10-20-8-7-18-11-20)19-15(21)12-5-4-6-13(17)9-12/h4-9,11,14H,10,17H2,1-3H3,(H,19,21). The fourth-order valence-corrected chi connectivity index (χ4v) is 2.06. The number of nitrogens with two attached hydrogens (primary N) is 1. The maximum Gasteiger partial charge on any atom is 0.251 e. The number of hydrogen-bond acceptors (Lipinski definition) is 3. The van der Waals surface area contributed by atoms with Crippen LogP contribution >= 0.6 is 0 Å². The number of nitrogen functional groups attached to an aromatic ring is 1. The first kappa shape index (κ1) is 15.1. The van der Waals surface area contributed by atoms with Gasteiger partial charge in [0.25, 0.3) is 5.91 Å². The number of amides is 1. The van der Waals surface area contributed by atoms with E-state index in [-0.39, 0.29) is 17.4 Å². The Morgan fingerprint density at radius 1 is 1.43 bits per heavy atom. The van der Waals surface area contributed by atoms with Crippen LogP contribution in [0.25, 0.3) is 0 Å². The molecule has 1 heterocycles. The minimum atomic E-state index is -0.109. The molecule has 0 saturated heterocycles. The quantitative estimate of drug-likeness (QED) is 0.847. The molecule has 5 nitrogen and oxygen atoms in total. The maximum absolute atomic E-state index is 12.4. The summed E-state index contributed by atoms with van der Waals surface area (Å²) in [4.78, 5) is 16.4. The zero-order chi connectivity index (χ0) is 15.5. The van der Waals surface area contributed by atoms with Gasteiger partial charge in [-0.1, -0.05) is 26.8 Å². The lowest BCUT2D eigenvalue weighted by Gasteiger charge is -2.31. The molecule has 5 heteroatoms. The molecule has 0 saturated carbocycles. The molecule has 0 bridgehead atoms. The van der Waals surface area contributed by atoms with Crippen LogP contribution in [0.5, 0.6) is 0 Å². The van der Waals surface area contributed by atoms with E-state index in [9.17, 15) is 4.79 Å². The highest BCUT2D eigenvalue weighted by Gasteiger charge is 2.27. The topological polar surface area (TPSA) is 72.9 Å². The molecule has 2 rings (SSSR count). The lowest BCUT2D eigenvalue weighted by Crippen LogP contribution is -2.46. The van der Waals surface area contributed by atoms with Crippen LogP contribution in [0, 0.1) is 5.41 Å². The average molecular weight is 286 g/mol. The van der Waals surface area contributed by atoms with Gasteiger partial charge in [-0.05, 0) is 23.6 Å². The van der Waals surface area contributed by atoms with Crippen LogP contribution in [0.4, 0.5) is 5.69 Å². The number of nitrogens with one attached hydrogen (secondary N) is 1. The Kier molecular flexibility index (Phi) is 4.31. The van der Waals surface area contributed by atoms with E-state index in [2.05, 4.69) is 31.1 Å². The van der Waals surface area contributed by atoms with Crippen molar-refractivity contribution in [2.75, 3.05) is 5.73 Å². The number of imidazole rings is 1. The van der Waals surface area contributed by atoms with Gasteiger partial charge in [-0.3, -0.25) is 4.79 Å². The van der Waals surface area contributed by atoms with Crippen molar-refractivity contribution in [3.8, 4) is 0 Å². The number of nitrogens with zero attached hydrogens (tertiary/aromatic N) is 2. The molecule has 1 unspecified atom stereocenters. The molecule has 1 atom stereocenters. The maximum atomic E-state index is 12.4. The lowest BCUT2D eigenvalue weighted by atomic mass is 9.86. The van der Waals surface area contributed by atoms with Crippen molar-refractivity contribution < 1.29 is 4.79 Å². The van der Waals surface area contributed by atoms with Gasteiger partial charge < -0.3 is 15.6 Å². The summed E-state index contributed by atoms with van der Waals surface area (Å²) in [7, 11) is 0. The Labute approximate surface area is 125 Å². The zero-order valence-corrected chi connectivity index (χ0v) is 12.7. The number of carbonyl (C=O) groups is 1. The van der Waals surface area contributed by atoms with Crippen molar-refractivity contribution >= 4 is 11.6 Å². The Bertz CT molecular complexity index is 599. The first-order valence-corrected chi connectivity index (χ1v) is 6.98. The van der Waals surface area contributed by atoms with Crippen LogP contribution in [0.15, 0.2) is 43.0 Å². The Hall–Kier alpha value is -2.30. The van der Waals surface area contributed by atoms with Crippen LogP contribution in [0.2, 0.25) is 0 Å². The molecule has 0 aliphatic carbocycles. The number of rotatable bonds is 4. The van der Waals surface area contributed by atoms with Gasteiger partial charge in [-0.15, -0.1) is 0 Å². The van der Waals surface area contributed by atoms with E-state index < -0.39 is 0 Å². The molecular weight excluding hydrogens is 264 g/mol. The Morgan fingerprint density at radius 3 is 2.76 bits per heavy atom. The van der Waals surface area contributed by atoms with Crippen molar-refractivity contribution in [2.45, 2.75) is 33.4 Å². The molecule has 1 aromatic heterocycles. The third kappa shape index (κ3) is 4.08. The van der Waals surface area contributed by atoms with Gasteiger partial charge in [0.15, 0.2) is 0 Å². The summed E-state index contributed by atoms with van der Waals surface area (Å²) < 4.78 is 1.97. The summed E-state index contributed by atoms with van der Waals surface area (Å²) in [6, 6.07) is 6.99. The number of anilines is 1. The summed E-state index contributed by atoms with van der Waals surface area (Å²) in [6.45, 7) is 6.99. The van der Waals surface area contributed by atoms with E-state index in [1.807, 2.05) is 10.8 Å². The molecule has 0 aliphatic heterocycles. The fraction of sp³-hybridized carbons (Fsp3) is 0.375. The monoisotopic (exact) mass is 286 g/mol. The average Bonchev–Trinajstić information content (AvgIpc) is 2.89. The number of hydrogen-bond donors (Lipinski definition) is 2. The summed E-state index contributed by atoms with van der Waals surface area (Å²) in [5.41, 5.74) is 6.83. The van der Waals surface area contributed by atoms with Crippen LogP contribution in [-0.2, 0) is 6.54 Å². The summed E-state index contributed by atoms with van der Waals surface area (Å²) in [6.07, 6.45) is 5.39. The minimum Gasteiger partial charge on any atom is -0.399 e. The second-order valence-electron chi connectivity index (χ2n) is 6.28. The van der Waals surface area contributed by atoms with Gasteiger partial charge in [0, 0.05) is 30.2 Å². The van der Waals surface area contributed by atoms with Crippen molar-refractivity contribution in [3.63, 3.8) is 0 Å². The molecule has 112 valence electrons. The molecule has 21 heavy (non-hydrogen) atoms. The first-order valence-electron chi connectivity index (χ1n) is 6.98. The molecule has 3 N–H and O–H groups in total. The highest BCUT2D eigenvalue weighted by molar-refractivity contribution is 5.95. The van der Waals surface area contributed by atoms with Crippen LogP contribution < -0.4 is 11.1 Å². The highest BCUT2D eigenvalue weighted by Crippen LogP contribution is 2.21. The van der Waals surface area contributed by atoms with E-state index >= 15 is 0 Å². The second kappa shape index (κ2) is 5.99. The third-order valence-corrected chi connectivity index (χ3v) is 3.45. The van der Waals surface area contributed by atoms with Gasteiger partial charge in [0.05, 0.1) is 12.4 Å². The summed E-state index contributed by atoms with van der Waals surface area (Å²) in [5.74, 6) is -0.109. The second-order valence-corrected chi connectivity index (χ2v) is 6.28. The largest absolute Gasteiger partial charge is 0.399 e. The minimum absolute atomic E-state index is 0.0133. The van der Waals surface area contributed by atoms with Crippen LogP contribution in [0.1, 0.15) is 31.1 Å². The van der Waals surface area contributed by atoms with Crippen molar-refractivity contribution in [2.24, 2.45) is 5.41 Å². The van der Waals surface area contributed by atoms with E-state index in [0.717, 1.165) is 0 Å². The van der Waals surface area contributed by atoms with Crippen LogP contribution in [-0.4, -0.2) is 21.5 Å². The molecule has 0 radical (unpaired) electrons. The molecule has 0 fully saturated rings. The van der Waals surface area contributed by atoms with Gasteiger partial charge in [0.2, 0.25) is 0 Å². The van der Waals surface area contributed by atoms with Crippen LogP contribution in [0.3, 0.4) is 0 Å². The number of benzene rings is 1. The first-order chi connectivity index (χ1) is 9.86. The number of aromatic nitrogens is 2. The van der Waals surface area contributed by atoms with Gasteiger partial charge >= 0.3 is 0 Å². The van der Waals surface area contributed by atoms with Crippen molar-refractivity contribution in [3.05, 3.63) is 48.5 Å². The zero-order valence-electron chi connectivity index (χ0n) is 12.7. The molecule has 2 aromatic rings. The predicted molar refractivity (Wildman–Crippen MR) is 83.8 cm³/mol. The molecule has 1 aromatic carbocycles. The Morgan fingerprint density at radius 2 is 2.19 bits per heavy atom. The third-order valence-electron chi connectivity index (χ3n) is 3.45. The van der Waals surface area contributed by atoms with Gasteiger partial charge in [0.1, 0.15) is 0 Å². The molecule has 0 aliphatic rings. The van der Waals surface area contributed by atoms with Crippen molar-refractivity contribution in [1.29, 1.82) is 0 Å².